The lowest BCUT2D eigenvalue weighted by atomic mass is 10.2. The van der Waals surface area contributed by atoms with Gasteiger partial charge in [-0.3, -0.25) is 4.99 Å². The third kappa shape index (κ3) is 4.44. The maximum atomic E-state index is 11.4. The van der Waals surface area contributed by atoms with Crippen LogP contribution in [0, 0.1) is 0 Å². The number of hydrogen-bond acceptors (Lipinski definition) is 5. The molecule has 1 aliphatic rings. The van der Waals surface area contributed by atoms with E-state index in [4.69, 9.17) is 14.6 Å². The van der Waals surface area contributed by atoms with Crippen molar-refractivity contribution < 1.29 is 17.9 Å². The minimum atomic E-state index is -3.72. The van der Waals surface area contributed by atoms with Crippen molar-refractivity contribution in [2.45, 2.75) is 18.0 Å². The summed E-state index contributed by atoms with van der Waals surface area (Å²) in [4.78, 5) is 4.24. The molecule has 0 saturated heterocycles. The number of sulfonamides is 1. The van der Waals surface area contributed by atoms with Crippen LogP contribution in [-0.2, 0) is 23.1 Å². The molecular weight excluding hydrogens is 356 g/mol. The Morgan fingerprint density at radius 2 is 1.77 bits per heavy atom. The van der Waals surface area contributed by atoms with Crippen LogP contribution in [0.1, 0.15) is 11.1 Å². The highest BCUT2D eigenvalue weighted by Crippen LogP contribution is 2.32. The first-order valence-electron chi connectivity index (χ1n) is 7.90. The van der Waals surface area contributed by atoms with Gasteiger partial charge in [0.2, 0.25) is 16.8 Å². The van der Waals surface area contributed by atoms with Gasteiger partial charge in [0.1, 0.15) is 0 Å². The second-order valence-electron chi connectivity index (χ2n) is 5.66. The number of nitrogens with zero attached hydrogens (tertiary/aromatic N) is 1. The van der Waals surface area contributed by atoms with Gasteiger partial charge in [0.25, 0.3) is 0 Å². The van der Waals surface area contributed by atoms with Gasteiger partial charge in [-0.2, -0.15) is 0 Å². The van der Waals surface area contributed by atoms with Crippen molar-refractivity contribution in [3.8, 4) is 11.5 Å². The molecule has 1 heterocycles. The van der Waals surface area contributed by atoms with Gasteiger partial charge in [-0.05, 0) is 35.4 Å². The van der Waals surface area contributed by atoms with Crippen molar-refractivity contribution in [1.82, 2.24) is 10.6 Å². The van der Waals surface area contributed by atoms with Crippen molar-refractivity contribution in [2.24, 2.45) is 10.1 Å². The zero-order valence-electron chi connectivity index (χ0n) is 14.2. The van der Waals surface area contributed by atoms with Crippen LogP contribution >= 0.6 is 0 Å². The summed E-state index contributed by atoms with van der Waals surface area (Å²) in [5.74, 6) is 2.06. The van der Waals surface area contributed by atoms with Crippen LogP contribution in [0.15, 0.2) is 52.4 Å². The van der Waals surface area contributed by atoms with Crippen molar-refractivity contribution in [3.05, 3.63) is 53.6 Å². The van der Waals surface area contributed by atoms with Crippen molar-refractivity contribution in [1.29, 1.82) is 0 Å². The Balaban J connectivity index is 1.57. The first-order chi connectivity index (χ1) is 12.5. The maximum Gasteiger partial charge on any atom is 0.238 e. The first-order valence-corrected chi connectivity index (χ1v) is 9.45. The van der Waals surface area contributed by atoms with Gasteiger partial charge < -0.3 is 20.1 Å². The number of hydrogen-bond donors (Lipinski definition) is 3. The number of primary sulfonamides is 1. The zero-order chi connectivity index (χ0) is 18.6. The van der Waals surface area contributed by atoms with Crippen LogP contribution in [0.3, 0.4) is 0 Å². The molecule has 1 aliphatic heterocycles. The fourth-order valence-corrected chi connectivity index (χ4v) is 3.06. The molecule has 0 aromatic heterocycles. The molecule has 4 N–H and O–H groups in total. The lowest BCUT2D eigenvalue weighted by Gasteiger charge is -2.12. The van der Waals surface area contributed by atoms with E-state index in [2.05, 4.69) is 15.6 Å². The third-order valence-corrected chi connectivity index (χ3v) is 4.72. The van der Waals surface area contributed by atoms with Gasteiger partial charge in [-0.1, -0.05) is 18.2 Å². The van der Waals surface area contributed by atoms with Crippen LogP contribution in [0.2, 0.25) is 0 Å². The average Bonchev–Trinajstić information content (AvgIpc) is 3.09. The lowest BCUT2D eigenvalue weighted by Crippen LogP contribution is -2.36. The van der Waals surface area contributed by atoms with Gasteiger partial charge in [0, 0.05) is 20.1 Å². The van der Waals surface area contributed by atoms with Crippen molar-refractivity contribution >= 4 is 16.0 Å². The fraction of sp³-hybridized carbons (Fsp3) is 0.235. The summed E-state index contributed by atoms with van der Waals surface area (Å²) in [6.07, 6.45) is 0. The van der Waals surface area contributed by atoms with E-state index in [-0.39, 0.29) is 11.7 Å². The number of nitrogens with one attached hydrogen (secondary N) is 2. The molecule has 0 radical (unpaired) electrons. The molecule has 0 aliphatic carbocycles. The molecule has 0 unspecified atom stereocenters. The number of guanidine groups is 1. The van der Waals surface area contributed by atoms with E-state index >= 15 is 0 Å². The van der Waals surface area contributed by atoms with Gasteiger partial charge in [0.15, 0.2) is 17.5 Å². The maximum absolute atomic E-state index is 11.4. The molecule has 0 bridgehead atoms. The highest BCUT2D eigenvalue weighted by molar-refractivity contribution is 7.89. The van der Waals surface area contributed by atoms with Gasteiger partial charge in [0.05, 0.1) is 4.90 Å². The molecule has 2 aromatic carbocycles. The molecule has 0 spiro atoms. The summed E-state index contributed by atoms with van der Waals surface area (Å²) in [6, 6.07) is 12.2. The summed E-state index contributed by atoms with van der Waals surface area (Å²) < 4.78 is 33.5. The fourth-order valence-electron chi connectivity index (χ4n) is 2.48. The van der Waals surface area contributed by atoms with E-state index in [1.165, 1.54) is 12.1 Å². The van der Waals surface area contributed by atoms with Crippen molar-refractivity contribution in [3.63, 3.8) is 0 Å². The van der Waals surface area contributed by atoms with E-state index in [0.717, 1.165) is 22.6 Å². The third-order valence-electron chi connectivity index (χ3n) is 3.81. The van der Waals surface area contributed by atoms with Gasteiger partial charge in [-0.15, -0.1) is 0 Å². The van der Waals surface area contributed by atoms with E-state index in [0.29, 0.717) is 19.0 Å². The number of fused-ring (bicyclic) bond motifs is 1. The largest absolute Gasteiger partial charge is 0.454 e. The Kier molecular flexibility index (Phi) is 5.29. The topological polar surface area (TPSA) is 115 Å². The Bertz CT molecular complexity index is 928. The number of benzene rings is 2. The molecule has 9 heteroatoms. The quantitative estimate of drug-likeness (QED) is 0.528. The molecule has 138 valence electrons. The summed E-state index contributed by atoms with van der Waals surface area (Å²) in [5.41, 5.74) is 1.80. The minimum absolute atomic E-state index is 0.0834. The second-order valence-corrected chi connectivity index (χ2v) is 7.22. The van der Waals surface area contributed by atoms with Crippen LogP contribution in [0.4, 0.5) is 0 Å². The molecule has 3 rings (SSSR count). The summed E-state index contributed by atoms with van der Waals surface area (Å²) in [5, 5.41) is 11.5. The monoisotopic (exact) mass is 376 g/mol. The minimum Gasteiger partial charge on any atom is -0.454 e. The van der Waals surface area contributed by atoms with Gasteiger partial charge >= 0.3 is 0 Å². The number of aliphatic imine (C=N–C) groups is 1. The predicted octanol–water partition coefficient (Wildman–Crippen LogP) is 0.928. The molecular formula is C17H20N4O4S. The smallest absolute Gasteiger partial charge is 0.238 e. The summed E-state index contributed by atoms with van der Waals surface area (Å²) >= 11 is 0. The molecule has 8 nitrogen and oxygen atoms in total. The van der Waals surface area contributed by atoms with Crippen LogP contribution in [0.5, 0.6) is 11.5 Å². The van der Waals surface area contributed by atoms with Crippen LogP contribution in [-0.4, -0.2) is 28.2 Å². The average molecular weight is 376 g/mol. The van der Waals surface area contributed by atoms with E-state index in [1.807, 2.05) is 24.3 Å². The summed E-state index contributed by atoms with van der Waals surface area (Å²) in [7, 11) is -2.05. The SMILES string of the molecule is CN=C(NCc1cccc(S(N)(=O)=O)c1)NCc1ccc2c(c1)OCO2. The Hall–Kier alpha value is -2.78. The number of nitrogens with two attached hydrogens (primary N) is 1. The number of rotatable bonds is 5. The highest BCUT2D eigenvalue weighted by Gasteiger charge is 2.13. The zero-order valence-corrected chi connectivity index (χ0v) is 15.0. The Morgan fingerprint density at radius 3 is 2.46 bits per heavy atom. The predicted molar refractivity (Wildman–Crippen MR) is 97.4 cm³/mol. The Morgan fingerprint density at radius 1 is 1.08 bits per heavy atom. The molecule has 0 fully saturated rings. The first kappa shape index (κ1) is 18.0. The van der Waals surface area contributed by atoms with Crippen LogP contribution in [0.25, 0.3) is 0 Å². The molecule has 0 amide bonds. The highest BCUT2D eigenvalue weighted by atomic mass is 32.2. The molecule has 0 saturated carbocycles. The standard InChI is InChI=1S/C17H20N4O4S/c1-19-17(20-9-12-3-2-4-14(7-12)26(18,22)23)21-10-13-5-6-15-16(8-13)25-11-24-15/h2-8H,9-11H2,1H3,(H2,18,22,23)(H2,19,20,21). The second kappa shape index (κ2) is 7.63. The Labute approximate surface area is 152 Å². The van der Waals surface area contributed by atoms with E-state index < -0.39 is 10.0 Å². The van der Waals surface area contributed by atoms with E-state index in [9.17, 15) is 8.42 Å². The van der Waals surface area contributed by atoms with Crippen molar-refractivity contribution in [2.75, 3.05) is 13.8 Å². The molecule has 26 heavy (non-hydrogen) atoms. The summed E-state index contributed by atoms with van der Waals surface area (Å²) in [6.45, 7) is 1.20. The van der Waals surface area contributed by atoms with E-state index in [1.54, 1.807) is 13.1 Å². The van der Waals surface area contributed by atoms with Gasteiger partial charge in [-0.25, -0.2) is 13.6 Å². The normalized spacial score (nSPS) is 13.5. The lowest BCUT2D eigenvalue weighted by molar-refractivity contribution is 0.174. The van der Waals surface area contributed by atoms with Crippen LogP contribution < -0.4 is 25.2 Å². The molecule has 2 aromatic rings. The molecule has 0 atom stereocenters. The number of ether oxygens (including phenoxy) is 2.